The second-order valence-corrected chi connectivity index (χ2v) is 5.45. The van der Waals surface area contributed by atoms with Gasteiger partial charge in [0.25, 0.3) is 5.69 Å². The molecule has 0 atom stereocenters. The molecule has 1 aromatic carbocycles. The van der Waals surface area contributed by atoms with Crippen molar-refractivity contribution in [3.05, 3.63) is 44.5 Å². The van der Waals surface area contributed by atoms with Crippen LogP contribution in [0.4, 0.5) is 5.69 Å². The quantitative estimate of drug-likeness (QED) is 0.658. The molecule has 0 spiro atoms. The van der Waals surface area contributed by atoms with Crippen molar-refractivity contribution in [2.75, 3.05) is 0 Å². The summed E-state index contributed by atoms with van der Waals surface area (Å²) in [4.78, 5) is 10.4. The van der Waals surface area contributed by atoms with Gasteiger partial charge in [0, 0.05) is 17.2 Å². The third-order valence-corrected chi connectivity index (χ3v) is 4.14. The van der Waals surface area contributed by atoms with Crippen LogP contribution in [-0.2, 0) is 12.8 Å². The summed E-state index contributed by atoms with van der Waals surface area (Å²) in [5.41, 5.74) is 1.49. The van der Waals surface area contributed by atoms with Gasteiger partial charge in [-0.2, -0.15) is 0 Å². The first-order chi connectivity index (χ1) is 10.0. The number of fused-ring (bicyclic) bond motifs is 1. The number of halogens is 1. The summed E-state index contributed by atoms with van der Waals surface area (Å²) in [7, 11) is 0. The minimum Gasteiger partial charge on any atom is -0.494 e. The Balaban J connectivity index is 2.19. The summed E-state index contributed by atoms with van der Waals surface area (Å²) in [6.45, 7) is 0. The Morgan fingerprint density at radius 3 is 2.24 bits per heavy atom. The number of nitrogens with zero attached hydrogens (tertiary/aromatic N) is 2. The van der Waals surface area contributed by atoms with Gasteiger partial charge in [0.15, 0.2) is 0 Å². The summed E-state index contributed by atoms with van der Waals surface area (Å²) in [5.74, 6) is -0.113. The first kappa shape index (κ1) is 13.8. The molecule has 0 aliphatic heterocycles. The van der Waals surface area contributed by atoms with Gasteiger partial charge in [-0.25, -0.2) is 0 Å². The highest BCUT2D eigenvalue weighted by molar-refractivity contribution is 6.32. The Morgan fingerprint density at radius 1 is 1.14 bits per heavy atom. The maximum absolute atomic E-state index is 11.0. The molecule has 110 valence electrons. The van der Waals surface area contributed by atoms with Crippen LogP contribution in [0.1, 0.15) is 24.0 Å². The first-order valence-electron chi connectivity index (χ1n) is 6.59. The van der Waals surface area contributed by atoms with E-state index in [1.54, 1.807) is 0 Å². The molecule has 0 saturated heterocycles. The van der Waals surface area contributed by atoms with E-state index in [0.717, 1.165) is 24.0 Å². The molecule has 0 amide bonds. The molecule has 7 heteroatoms. The fraction of sp³-hybridized carbons (Fsp3) is 0.286. The number of benzene rings is 1. The van der Waals surface area contributed by atoms with Gasteiger partial charge < -0.3 is 10.2 Å². The second kappa shape index (κ2) is 4.96. The van der Waals surface area contributed by atoms with Gasteiger partial charge in [-0.15, -0.1) is 0 Å². The summed E-state index contributed by atoms with van der Waals surface area (Å²) in [6, 6.07) is 4.15. The Hall–Kier alpha value is -2.21. The highest BCUT2D eigenvalue weighted by atomic mass is 35.5. The van der Waals surface area contributed by atoms with Crippen molar-refractivity contribution in [1.82, 2.24) is 4.57 Å². The third kappa shape index (κ3) is 2.12. The van der Waals surface area contributed by atoms with E-state index in [-0.39, 0.29) is 22.5 Å². The monoisotopic (exact) mass is 308 g/mol. The van der Waals surface area contributed by atoms with E-state index in [2.05, 4.69) is 0 Å². The summed E-state index contributed by atoms with van der Waals surface area (Å²) in [5, 5.41) is 31.6. The normalized spacial score (nSPS) is 14.0. The molecular formula is C14H13ClN2O4. The van der Waals surface area contributed by atoms with E-state index < -0.39 is 4.92 Å². The van der Waals surface area contributed by atoms with Gasteiger partial charge in [-0.1, -0.05) is 11.6 Å². The zero-order valence-corrected chi connectivity index (χ0v) is 11.8. The van der Waals surface area contributed by atoms with E-state index >= 15 is 0 Å². The average Bonchev–Trinajstić information content (AvgIpc) is 2.72. The van der Waals surface area contributed by atoms with Gasteiger partial charge >= 0.3 is 0 Å². The topological polar surface area (TPSA) is 88.5 Å². The molecule has 2 N–H and O–H groups in total. The molecule has 21 heavy (non-hydrogen) atoms. The van der Waals surface area contributed by atoms with Crippen molar-refractivity contribution in [2.45, 2.75) is 25.7 Å². The third-order valence-electron chi connectivity index (χ3n) is 3.82. The van der Waals surface area contributed by atoms with Crippen LogP contribution in [0.3, 0.4) is 0 Å². The van der Waals surface area contributed by atoms with Crippen LogP contribution >= 0.6 is 11.6 Å². The molecule has 0 unspecified atom stereocenters. The van der Waals surface area contributed by atoms with Crippen LogP contribution in [0.15, 0.2) is 18.2 Å². The average molecular weight is 309 g/mol. The molecule has 1 aliphatic carbocycles. The number of hydrogen-bond acceptors (Lipinski definition) is 4. The van der Waals surface area contributed by atoms with Crippen molar-refractivity contribution in [1.29, 1.82) is 0 Å². The summed E-state index contributed by atoms with van der Waals surface area (Å²) < 4.78 is 1.24. The lowest BCUT2D eigenvalue weighted by Crippen LogP contribution is -1.98. The Kier molecular flexibility index (Phi) is 3.25. The number of nitro groups is 1. The molecule has 2 aromatic rings. The zero-order valence-electron chi connectivity index (χ0n) is 11.0. The Morgan fingerprint density at radius 2 is 1.71 bits per heavy atom. The zero-order chi connectivity index (χ0) is 15.1. The minimum atomic E-state index is -0.594. The summed E-state index contributed by atoms with van der Waals surface area (Å²) >= 11 is 5.78. The van der Waals surface area contributed by atoms with Crippen molar-refractivity contribution in [3.63, 3.8) is 0 Å². The van der Waals surface area contributed by atoms with Gasteiger partial charge in [0.2, 0.25) is 11.8 Å². The molecule has 0 radical (unpaired) electrons. The van der Waals surface area contributed by atoms with Crippen LogP contribution in [-0.4, -0.2) is 19.7 Å². The van der Waals surface area contributed by atoms with Gasteiger partial charge in [-0.05, 0) is 37.8 Å². The van der Waals surface area contributed by atoms with E-state index in [1.165, 1.54) is 22.8 Å². The molecule has 6 nitrogen and oxygen atoms in total. The fourth-order valence-corrected chi connectivity index (χ4v) is 2.98. The number of aromatic hydroxyl groups is 2. The van der Waals surface area contributed by atoms with Crippen molar-refractivity contribution < 1.29 is 15.1 Å². The number of aromatic nitrogens is 1. The first-order valence-corrected chi connectivity index (χ1v) is 6.97. The lowest BCUT2D eigenvalue weighted by molar-refractivity contribution is -0.384. The second-order valence-electron chi connectivity index (χ2n) is 5.04. The molecule has 0 bridgehead atoms. The highest BCUT2D eigenvalue weighted by Gasteiger charge is 2.26. The standard InChI is InChI=1S/C14H13ClN2O4/c15-11-6-5-8(7-12(11)17(20)21)16-13(18)9-3-1-2-4-10(9)14(16)19/h5-7,18-19H,1-4H2. The maximum atomic E-state index is 11.0. The van der Waals surface area contributed by atoms with Crippen LogP contribution in [0.25, 0.3) is 5.69 Å². The van der Waals surface area contributed by atoms with Crippen molar-refractivity contribution >= 4 is 17.3 Å². The van der Waals surface area contributed by atoms with Crippen LogP contribution < -0.4 is 0 Å². The smallest absolute Gasteiger partial charge is 0.289 e. The number of rotatable bonds is 2. The Labute approximate surface area is 125 Å². The molecular weight excluding hydrogens is 296 g/mol. The van der Waals surface area contributed by atoms with E-state index in [0.29, 0.717) is 18.5 Å². The molecule has 1 heterocycles. The number of nitro benzene ring substituents is 1. The lowest BCUT2D eigenvalue weighted by Gasteiger charge is -2.09. The minimum absolute atomic E-state index is 0.0136. The molecule has 0 saturated carbocycles. The molecule has 1 aromatic heterocycles. The van der Waals surface area contributed by atoms with E-state index in [4.69, 9.17) is 11.6 Å². The summed E-state index contributed by atoms with van der Waals surface area (Å²) in [6.07, 6.45) is 3.28. The van der Waals surface area contributed by atoms with Crippen molar-refractivity contribution in [2.24, 2.45) is 0 Å². The van der Waals surface area contributed by atoms with Crippen LogP contribution in [0.5, 0.6) is 11.8 Å². The predicted octanol–water partition coefficient (Wildman–Crippen LogP) is 3.33. The van der Waals surface area contributed by atoms with Gasteiger partial charge in [0.1, 0.15) is 5.02 Å². The SMILES string of the molecule is O=[N+]([O-])c1cc(-n2c(O)c3c(c2O)CCCC3)ccc1Cl. The molecule has 3 rings (SSSR count). The lowest BCUT2D eigenvalue weighted by atomic mass is 9.95. The molecule has 1 aliphatic rings. The van der Waals surface area contributed by atoms with Gasteiger partial charge in [0.05, 0.1) is 10.6 Å². The number of hydrogen-bond donors (Lipinski definition) is 2. The van der Waals surface area contributed by atoms with Crippen LogP contribution in [0, 0.1) is 10.1 Å². The highest BCUT2D eigenvalue weighted by Crippen LogP contribution is 2.41. The van der Waals surface area contributed by atoms with E-state index in [1.807, 2.05) is 0 Å². The van der Waals surface area contributed by atoms with Crippen molar-refractivity contribution in [3.8, 4) is 17.4 Å². The maximum Gasteiger partial charge on any atom is 0.289 e. The predicted molar refractivity (Wildman–Crippen MR) is 77.4 cm³/mol. The van der Waals surface area contributed by atoms with Gasteiger partial charge in [-0.3, -0.25) is 14.7 Å². The fourth-order valence-electron chi connectivity index (χ4n) is 2.79. The van der Waals surface area contributed by atoms with E-state index in [9.17, 15) is 20.3 Å². The molecule has 0 fully saturated rings. The van der Waals surface area contributed by atoms with Crippen LogP contribution in [0.2, 0.25) is 5.02 Å². The largest absolute Gasteiger partial charge is 0.494 e. The Bertz CT molecular complexity index is 710.